The summed E-state index contributed by atoms with van der Waals surface area (Å²) in [6.07, 6.45) is 3.33. The largest absolute Gasteiger partial charge is 0.386 e. The van der Waals surface area contributed by atoms with E-state index in [0.29, 0.717) is 16.8 Å². The van der Waals surface area contributed by atoms with Crippen molar-refractivity contribution < 1.29 is 8.42 Å². The van der Waals surface area contributed by atoms with E-state index in [0.717, 1.165) is 28.3 Å². The standard InChI is InChI=1S/C19H21ClN6.O2S/c1-11-5-6-16(17(9-11)21-4)24-18-14(20)10-23-19(26-18)25-15-7-8-22-13(3)12(15)2;1-3-2/h5-10,21H,1-4H3,(H2,22,23,24,25,26);. The molecule has 29 heavy (non-hydrogen) atoms. The van der Waals surface area contributed by atoms with E-state index in [2.05, 4.69) is 37.0 Å². The SMILES string of the molecule is CNc1cc(C)ccc1Nc1nc(Nc2ccnc(C)c2C)ncc1Cl.O=S=O. The van der Waals surface area contributed by atoms with Crippen LogP contribution in [0, 0.1) is 20.8 Å². The van der Waals surface area contributed by atoms with Gasteiger partial charge in [0.15, 0.2) is 5.82 Å². The lowest BCUT2D eigenvalue weighted by atomic mass is 10.2. The van der Waals surface area contributed by atoms with E-state index in [1.807, 2.05) is 46.0 Å². The maximum atomic E-state index is 8.29. The maximum Gasteiger partial charge on any atom is 0.335 e. The zero-order valence-corrected chi connectivity index (χ0v) is 18.0. The third-order valence-corrected chi connectivity index (χ3v) is 4.42. The smallest absolute Gasteiger partial charge is 0.335 e. The van der Waals surface area contributed by atoms with Crippen LogP contribution >= 0.6 is 11.6 Å². The molecule has 2 aromatic heterocycles. The van der Waals surface area contributed by atoms with Gasteiger partial charge in [-0.2, -0.15) is 13.4 Å². The fourth-order valence-corrected chi connectivity index (χ4v) is 2.65. The van der Waals surface area contributed by atoms with Gasteiger partial charge in [-0.3, -0.25) is 4.98 Å². The zero-order valence-electron chi connectivity index (χ0n) is 16.4. The van der Waals surface area contributed by atoms with E-state index in [-0.39, 0.29) is 0 Å². The van der Waals surface area contributed by atoms with Crippen LogP contribution in [0.1, 0.15) is 16.8 Å². The number of hydrogen-bond donors (Lipinski definition) is 3. The van der Waals surface area contributed by atoms with Crippen molar-refractivity contribution in [3.63, 3.8) is 0 Å². The summed E-state index contributed by atoms with van der Waals surface area (Å²) in [6.45, 7) is 6.02. The molecule has 152 valence electrons. The highest BCUT2D eigenvalue weighted by Gasteiger charge is 2.10. The van der Waals surface area contributed by atoms with E-state index in [1.165, 1.54) is 5.56 Å². The van der Waals surface area contributed by atoms with Gasteiger partial charge in [0.05, 0.1) is 17.6 Å². The molecule has 0 aliphatic rings. The van der Waals surface area contributed by atoms with Crippen molar-refractivity contribution in [3.05, 3.63) is 58.5 Å². The number of halogens is 1. The average molecular weight is 433 g/mol. The van der Waals surface area contributed by atoms with Crippen molar-refractivity contribution in [2.45, 2.75) is 20.8 Å². The Morgan fingerprint density at radius 1 is 0.966 bits per heavy atom. The number of nitrogens with one attached hydrogen (secondary N) is 3. The van der Waals surface area contributed by atoms with Gasteiger partial charge < -0.3 is 16.0 Å². The maximum absolute atomic E-state index is 8.29. The third kappa shape index (κ3) is 5.97. The first kappa shape index (κ1) is 22.3. The molecule has 0 spiro atoms. The highest BCUT2D eigenvalue weighted by atomic mass is 35.5. The molecular formula is C19H21ClN6O2S. The van der Waals surface area contributed by atoms with Gasteiger partial charge in [0.2, 0.25) is 5.95 Å². The molecule has 0 saturated heterocycles. The van der Waals surface area contributed by atoms with Crippen LogP contribution in [0.15, 0.2) is 36.7 Å². The van der Waals surface area contributed by atoms with Crippen LogP contribution in [0.2, 0.25) is 5.02 Å². The van der Waals surface area contributed by atoms with Crippen LogP contribution in [0.3, 0.4) is 0 Å². The quantitative estimate of drug-likeness (QED) is 0.547. The van der Waals surface area contributed by atoms with Gasteiger partial charge in [-0.05, 0) is 50.1 Å². The van der Waals surface area contributed by atoms with Crippen molar-refractivity contribution in [2.24, 2.45) is 0 Å². The Kier molecular flexibility index (Phi) is 8.05. The predicted molar refractivity (Wildman–Crippen MR) is 117 cm³/mol. The number of rotatable bonds is 5. The summed E-state index contributed by atoms with van der Waals surface area (Å²) in [6, 6.07) is 7.97. The number of hydrogen-bond acceptors (Lipinski definition) is 8. The second-order valence-corrected chi connectivity index (χ2v) is 6.62. The monoisotopic (exact) mass is 432 g/mol. The number of anilines is 5. The molecule has 0 aliphatic heterocycles. The minimum Gasteiger partial charge on any atom is -0.386 e. The van der Waals surface area contributed by atoms with Crippen LogP contribution in [0.25, 0.3) is 0 Å². The van der Waals surface area contributed by atoms with Crippen LogP contribution in [0.4, 0.5) is 28.8 Å². The van der Waals surface area contributed by atoms with Crippen molar-refractivity contribution in [3.8, 4) is 0 Å². The van der Waals surface area contributed by atoms with Gasteiger partial charge in [0.25, 0.3) is 0 Å². The molecule has 8 nitrogen and oxygen atoms in total. The molecular weight excluding hydrogens is 412 g/mol. The van der Waals surface area contributed by atoms with Crippen LogP contribution in [0.5, 0.6) is 0 Å². The van der Waals surface area contributed by atoms with E-state index in [9.17, 15) is 0 Å². The van der Waals surface area contributed by atoms with Crippen LogP contribution in [-0.2, 0) is 11.6 Å². The number of aromatic nitrogens is 3. The molecule has 3 aromatic rings. The molecule has 10 heteroatoms. The lowest BCUT2D eigenvalue weighted by Crippen LogP contribution is -2.04. The second-order valence-electron chi connectivity index (χ2n) is 6.08. The number of aryl methyl sites for hydroxylation is 2. The molecule has 0 bridgehead atoms. The molecule has 0 unspecified atom stereocenters. The van der Waals surface area contributed by atoms with Gasteiger partial charge in [-0.25, -0.2) is 4.98 Å². The molecule has 0 atom stereocenters. The number of nitrogens with zero attached hydrogens (tertiary/aromatic N) is 3. The lowest BCUT2D eigenvalue weighted by molar-refractivity contribution is 0.630. The van der Waals surface area contributed by atoms with Crippen molar-refractivity contribution in [1.82, 2.24) is 15.0 Å². The second kappa shape index (κ2) is 10.5. The summed E-state index contributed by atoms with van der Waals surface area (Å²) in [5.41, 5.74) is 5.95. The van der Waals surface area contributed by atoms with E-state index < -0.39 is 11.6 Å². The highest BCUT2D eigenvalue weighted by Crippen LogP contribution is 2.30. The molecule has 0 aliphatic carbocycles. The number of benzene rings is 1. The lowest BCUT2D eigenvalue weighted by Gasteiger charge is -2.14. The highest BCUT2D eigenvalue weighted by molar-refractivity contribution is 7.51. The zero-order chi connectivity index (χ0) is 21.4. The molecule has 1 aromatic carbocycles. The minimum absolute atomic E-state index is 0.445. The molecule has 2 heterocycles. The first-order chi connectivity index (χ1) is 13.9. The summed E-state index contributed by atoms with van der Waals surface area (Å²) in [7, 11) is 1.88. The Hall–Kier alpha value is -3.04. The summed E-state index contributed by atoms with van der Waals surface area (Å²) in [5.74, 6) is 0.997. The van der Waals surface area contributed by atoms with Gasteiger partial charge in [0, 0.05) is 24.6 Å². The van der Waals surface area contributed by atoms with Crippen LogP contribution < -0.4 is 16.0 Å². The molecule has 0 saturated carbocycles. The Morgan fingerprint density at radius 3 is 2.38 bits per heavy atom. The van der Waals surface area contributed by atoms with Crippen molar-refractivity contribution in [1.29, 1.82) is 0 Å². The first-order valence-electron chi connectivity index (χ1n) is 8.58. The number of pyridine rings is 1. The minimum atomic E-state index is -0.750. The van der Waals surface area contributed by atoms with Gasteiger partial charge in [-0.1, -0.05) is 17.7 Å². The summed E-state index contributed by atoms with van der Waals surface area (Å²) < 4.78 is 16.6. The van der Waals surface area contributed by atoms with Crippen LogP contribution in [-0.4, -0.2) is 30.4 Å². The Morgan fingerprint density at radius 2 is 1.69 bits per heavy atom. The fraction of sp³-hybridized carbons (Fsp3) is 0.211. The molecule has 3 rings (SSSR count). The predicted octanol–water partition coefficient (Wildman–Crippen LogP) is 4.31. The normalized spacial score (nSPS) is 9.83. The molecule has 0 fully saturated rings. The van der Waals surface area contributed by atoms with Gasteiger partial charge >= 0.3 is 11.6 Å². The Labute approximate surface area is 177 Å². The third-order valence-electron chi connectivity index (χ3n) is 4.14. The fourth-order valence-electron chi connectivity index (χ4n) is 2.51. The van der Waals surface area contributed by atoms with E-state index >= 15 is 0 Å². The molecule has 0 radical (unpaired) electrons. The van der Waals surface area contributed by atoms with Crippen molar-refractivity contribution >= 4 is 52.0 Å². The summed E-state index contributed by atoms with van der Waals surface area (Å²) >= 11 is 5.54. The molecule has 3 N–H and O–H groups in total. The summed E-state index contributed by atoms with van der Waals surface area (Å²) in [5, 5.41) is 10.1. The molecule has 0 amide bonds. The van der Waals surface area contributed by atoms with E-state index in [4.69, 9.17) is 20.0 Å². The van der Waals surface area contributed by atoms with E-state index in [1.54, 1.807) is 12.4 Å². The van der Waals surface area contributed by atoms with Gasteiger partial charge in [-0.15, -0.1) is 0 Å². The summed E-state index contributed by atoms with van der Waals surface area (Å²) in [4.78, 5) is 13.1. The Balaban J connectivity index is 0.000000941. The first-order valence-corrected chi connectivity index (χ1v) is 9.63. The van der Waals surface area contributed by atoms with Crippen molar-refractivity contribution in [2.75, 3.05) is 23.0 Å². The Bertz CT molecular complexity index is 1040. The topological polar surface area (TPSA) is 109 Å². The van der Waals surface area contributed by atoms with Gasteiger partial charge in [0.1, 0.15) is 5.02 Å². The average Bonchev–Trinajstić information content (AvgIpc) is 2.70.